The van der Waals surface area contributed by atoms with Crippen LogP contribution < -0.4 is 0 Å². The summed E-state index contributed by atoms with van der Waals surface area (Å²) in [4.78, 5) is 20.7. The predicted octanol–water partition coefficient (Wildman–Crippen LogP) is 12.2. The standard InChI is InChI=1S/C49H40N4S/c1-29(2)49(30(3)4)40-24-12-22-38(42(40)37-25-26-41-43(44(37)49)39-23-13-27-50-48(39)54-41)47-52-45(32-15-6-5-7-16-32)51-46(53-47)34-19-10-18-33(28-34)36-21-11-17-31-14-8-9-20-35(31)36/h5-30,41,43H,1-4H3. The first kappa shape index (κ1) is 33.0. The Labute approximate surface area is 321 Å². The van der Waals surface area contributed by atoms with Gasteiger partial charge in [0.15, 0.2) is 17.5 Å². The Morgan fingerprint density at radius 1 is 0.611 bits per heavy atom. The Bertz CT molecular complexity index is 2660. The summed E-state index contributed by atoms with van der Waals surface area (Å²) in [5.41, 5.74) is 12.0. The predicted molar refractivity (Wildman–Crippen MR) is 223 cm³/mol. The molecule has 2 aromatic heterocycles. The number of thioether (sulfide) groups is 1. The van der Waals surface area contributed by atoms with Crippen LogP contribution in [-0.4, -0.2) is 25.2 Å². The lowest BCUT2D eigenvalue weighted by Gasteiger charge is -2.45. The molecule has 0 amide bonds. The number of aromatic nitrogens is 4. The van der Waals surface area contributed by atoms with Crippen LogP contribution in [0.5, 0.6) is 0 Å². The first-order chi connectivity index (χ1) is 26.4. The third-order valence-electron chi connectivity index (χ3n) is 11.9. The first-order valence-corrected chi connectivity index (χ1v) is 19.9. The molecule has 4 nitrogen and oxygen atoms in total. The van der Waals surface area contributed by atoms with Gasteiger partial charge in [0, 0.05) is 39.5 Å². The summed E-state index contributed by atoms with van der Waals surface area (Å²) in [5, 5.41) is 3.93. The zero-order valence-corrected chi connectivity index (χ0v) is 31.7. The lowest BCUT2D eigenvalue weighted by Crippen LogP contribution is -2.41. The molecule has 5 heteroatoms. The number of nitrogens with zero attached hydrogens (tertiary/aromatic N) is 4. The molecule has 0 N–H and O–H groups in total. The maximum Gasteiger partial charge on any atom is 0.164 e. The monoisotopic (exact) mass is 716 g/mol. The molecule has 2 unspecified atom stereocenters. The highest BCUT2D eigenvalue weighted by Gasteiger charge is 2.55. The summed E-state index contributed by atoms with van der Waals surface area (Å²) in [5.74, 6) is 3.01. The van der Waals surface area contributed by atoms with Crippen LogP contribution in [0.3, 0.4) is 0 Å². The van der Waals surface area contributed by atoms with Gasteiger partial charge in [0.25, 0.3) is 0 Å². The highest BCUT2D eigenvalue weighted by Crippen LogP contribution is 2.65. The molecule has 10 rings (SSSR count). The lowest BCUT2D eigenvalue weighted by molar-refractivity contribution is 0.261. The van der Waals surface area contributed by atoms with Gasteiger partial charge in [0.05, 0.1) is 0 Å². The van der Waals surface area contributed by atoms with E-state index in [1.165, 1.54) is 44.2 Å². The van der Waals surface area contributed by atoms with E-state index in [0.717, 1.165) is 27.3 Å². The number of rotatable bonds is 6. The SMILES string of the molecule is CC(C)C1(C(C)C)C2=C(C=CC3Sc4ncccc4C23)c2c(-c3nc(-c4ccccc4)nc(-c4cccc(-c5cccc6ccccc56)c4)n3)cccc21. The second-order valence-electron chi connectivity index (χ2n) is 15.3. The zero-order chi connectivity index (χ0) is 36.6. The van der Waals surface area contributed by atoms with Crippen LogP contribution in [0.2, 0.25) is 0 Å². The number of pyridine rings is 1. The van der Waals surface area contributed by atoms with E-state index in [9.17, 15) is 0 Å². The molecule has 0 bridgehead atoms. The summed E-state index contributed by atoms with van der Waals surface area (Å²) in [6, 6.07) is 45.2. The quantitative estimate of drug-likeness (QED) is 0.171. The smallest absolute Gasteiger partial charge is 0.164 e. The van der Waals surface area contributed by atoms with Gasteiger partial charge in [-0.1, -0.05) is 167 Å². The molecular formula is C49H40N4S. The minimum Gasteiger partial charge on any atom is -0.250 e. The average Bonchev–Trinajstić information content (AvgIpc) is 3.75. The van der Waals surface area contributed by atoms with Crippen molar-refractivity contribution in [2.24, 2.45) is 11.8 Å². The lowest BCUT2D eigenvalue weighted by atomic mass is 9.58. The highest BCUT2D eigenvalue weighted by atomic mass is 32.2. The summed E-state index contributed by atoms with van der Waals surface area (Å²) >= 11 is 1.91. The van der Waals surface area contributed by atoms with Crippen molar-refractivity contribution < 1.29 is 0 Å². The van der Waals surface area contributed by atoms with Gasteiger partial charge in [-0.3, -0.25) is 0 Å². The normalized spacial score (nSPS) is 17.9. The fourth-order valence-electron chi connectivity index (χ4n) is 9.80. The van der Waals surface area contributed by atoms with Crippen LogP contribution in [0.4, 0.5) is 0 Å². The van der Waals surface area contributed by atoms with Gasteiger partial charge in [0.2, 0.25) is 0 Å². The topological polar surface area (TPSA) is 51.6 Å². The fraction of sp³-hybridized carbons (Fsp3) is 0.184. The van der Waals surface area contributed by atoms with Gasteiger partial charge >= 0.3 is 0 Å². The highest BCUT2D eigenvalue weighted by molar-refractivity contribution is 8.00. The molecule has 0 radical (unpaired) electrons. The molecule has 2 aliphatic carbocycles. The van der Waals surface area contributed by atoms with E-state index in [1.54, 1.807) is 0 Å². The number of hydrogen-bond acceptors (Lipinski definition) is 5. The van der Waals surface area contributed by atoms with E-state index in [1.807, 2.05) is 36.2 Å². The number of benzene rings is 5. The third-order valence-corrected chi connectivity index (χ3v) is 13.2. The molecule has 0 fully saturated rings. The van der Waals surface area contributed by atoms with Crippen LogP contribution in [-0.2, 0) is 5.41 Å². The number of fused-ring (bicyclic) bond motifs is 7. The van der Waals surface area contributed by atoms with Crippen molar-refractivity contribution in [1.82, 2.24) is 19.9 Å². The molecule has 3 heterocycles. The molecule has 262 valence electrons. The Morgan fingerprint density at radius 2 is 1.28 bits per heavy atom. The van der Waals surface area contributed by atoms with Crippen LogP contribution in [0, 0.1) is 11.8 Å². The van der Waals surface area contributed by atoms with Gasteiger partial charge in [-0.05, 0) is 73.7 Å². The molecule has 0 saturated carbocycles. The number of allylic oxidation sites excluding steroid dienone is 3. The van der Waals surface area contributed by atoms with Gasteiger partial charge in [-0.15, -0.1) is 0 Å². The summed E-state index contributed by atoms with van der Waals surface area (Å²) < 4.78 is 0. The molecule has 5 aromatic carbocycles. The fourth-order valence-corrected chi connectivity index (χ4v) is 11.1. The Kier molecular flexibility index (Phi) is 7.78. The second kappa shape index (κ2) is 12.7. The van der Waals surface area contributed by atoms with Crippen molar-refractivity contribution in [1.29, 1.82) is 0 Å². The van der Waals surface area contributed by atoms with E-state index in [2.05, 4.69) is 149 Å². The van der Waals surface area contributed by atoms with E-state index >= 15 is 0 Å². The van der Waals surface area contributed by atoms with Crippen molar-refractivity contribution in [2.75, 3.05) is 0 Å². The molecule has 3 aliphatic rings. The molecule has 0 spiro atoms. The van der Waals surface area contributed by atoms with Crippen molar-refractivity contribution in [3.05, 3.63) is 168 Å². The van der Waals surface area contributed by atoms with Gasteiger partial charge in [-0.25, -0.2) is 19.9 Å². The average molecular weight is 717 g/mol. The van der Waals surface area contributed by atoms with Crippen molar-refractivity contribution in [3.63, 3.8) is 0 Å². The molecule has 2 atom stereocenters. The van der Waals surface area contributed by atoms with Crippen LogP contribution in [0.15, 0.2) is 156 Å². The van der Waals surface area contributed by atoms with E-state index in [-0.39, 0.29) is 11.3 Å². The van der Waals surface area contributed by atoms with Crippen molar-refractivity contribution in [3.8, 4) is 45.3 Å². The van der Waals surface area contributed by atoms with Crippen molar-refractivity contribution >= 4 is 28.1 Å². The van der Waals surface area contributed by atoms with E-state index < -0.39 is 0 Å². The number of hydrogen-bond donors (Lipinski definition) is 0. The van der Waals surface area contributed by atoms with Crippen LogP contribution >= 0.6 is 11.8 Å². The molecule has 54 heavy (non-hydrogen) atoms. The summed E-state index contributed by atoms with van der Waals surface area (Å²) in [6.07, 6.45) is 6.75. The van der Waals surface area contributed by atoms with Crippen LogP contribution in [0.25, 0.3) is 61.6 Å². The van der Waals surface area contributed by atoms with Crippen molar-refractivity contribution in [2.45, 2.75) is 49.3 Å². The molecule has 1 aliphatic heterocycles. The summed E-state index contributed by atoms with van der Waals surface area (Å²) in [6.45, 7) is 9.62. The van der Waals surface area contributed by atoms with Gasteiger partial charge in [-0.2, -0.15) is 0 Å². The molecule has 7 aromatic rings. The maximum absolute atomic E-state index is 5.37. The minimum atomic E-state index is -0.169. The zero-order valence-electron chi connectivity index (χ0n) is 30.9. The van der Waals surface area contributed by atoms with Gasteiger partial charge < -0.3 is 0 Å². The molecule has 0 saturated heterocycles. The van der Waals surface area contributed by atoms with Gasteiger partial charge in [0.1, 0.15) is 5.03 Å². The van der Waals surface area contributed by atoms with E-state index in [4.69, 9.17) is 19.9 Å². The largest absolute Gasteiger partial charge is 0.250 e. The Morgan fingerprint density at radius 3 is 2.11 bits per heavy atom. The Hall–Kier alpha value is -5.65. The maximum atomic E-state index is 5.37. The minimum absolute atomic E-state index is 0.169. The molecular weight excluding hydrogens is 677 g/mol. The third kappa shape index (κ3) is 4.91. The second-order valence-corrected chi connectivity index (χ2v) is 16.5. The van der Waals surface area contributed by atoms with Crippen LogP contribution in [0.1, 0.15) is 50.3 Å². The van der Waals surface area contributed by atoms with E-state index in [0.29, 0.717) is 34.6 Å². The Balaban J connectivity index is 1.20. The summed E-state index contributed by atoms with van der Waals surface area (Å²) in [7, 11) is 0. The first-order valence-electron chi connectivity index (χ1n) is 19.0.